The molecule has 0 aliphatic heterocycles. The van der Waals surface area contributed by atoms with Gasteiger partial charge in [-0.15, -0.1) is 0 Å². The van der Waals surface area contributed by atoms with Crippen molar-refractivity contribution in [2.45, 2.75) is 19.6 Å². The topological polar surface area (TPSA) is 51.5 Å². The van der Waals surface area contributed by atoms with E-state index < -0.39 is 5.97 Å². The number of fused-ring (bicyclic) bond motifs is 1. The van der Waals surface area contributed by atoms with Gasteiger partial charge in [0.05, 0.1) is 11.9 Å². The summed E-state index contributed by atoms with van der Waals surface area (Å²) >= 11 is 0. The lowest BCUT2D eigenvalue weighted by molar-refractivity contribution is -0.137. The number of aryl methyl sites for hydroxylation is 1. The van der Waals surface area contributed by atoms with E-state index in [1.807, 2.05) is 65.4 Å². The molecule has 0 fully saturated rings. The van der Waals surface area contributed by atoms with Gasteiger partial charge in [0.1, 0.15) is 12.4 Å². The minimum atomic E-state index is -0.793. The molecule has 0 spiro atoms. The lowest BCUT2D eigenvalue weighted by Crippen LogP contribution is -2.03. The number of carboxylic acids is 1. The fourth-order valence-corrected chi connectivity index (χ4v) is 2.41. The van der Waals surface area contributed by atoms with Crippen molar-refractivity contribution in [2.75, 3.05) is 0 Å². The van der Waals surface area contributed by atoms with E-state index in [0.717, 1.165) is 22.2 Å². The molecule has 4 nitrogen and oxygen atoms in total. The van der Waals surface area contributed by atoms with Crippen LogP contribution in [-0.4, -0.2) is 15.6 Å². The number of hydrogen-bond acceptors (Lipinski definition) is 2. The monoisotopic (exact) mass is 295 g/mol. The molecule has 0 amide bonds. The average Bonchev–Trinajstić information content (AvgIpc) is 2.94. The summed E-state index contributed by atoms with van der Waals surface area (Å²) in [6.45, 7) is 0.975. The Hall–Kier alpha value is -2.75. The first kappa shape index (κ1) is 14.2. The van der Waals surface area contributed by atoms with Crippen molar-refractivity contribution in [1.29, 1.82) is 0 Å². The SMILES string of the molecule is O=C(O)CCn1ccc2ccc(OCc3ccccc3)cc21. The fraction of sp³-hybridized carbons (Fsp3) is 0.167. The van der Waals surface area contributed by atoms with E-state index in [1.165, 1.54) is 0 Å². The second-order valence-corrected chi connectivity index (χ2v) is 5.15. The van der Waals surface area contributed by atoms with Gasteiger partial charge in [0, 0.05) is 18.8 Å². The molecule has 3 rings (SSSR count). The van der Waals surface area contributed by atoms with Crippen LogP contribution < -0.4 is 4.74 Å². The standard InChI is InChI=1S/C18H17NO3/c20-18(21)9-11-19-10-8-15-6-7-16(12-17(15)19)22-13-14-4-2-1-3-5-14/h1-8,10,12H,9,11,13H2,(H,20,21). The highest BCUT2D eigenvalue weighted by atomic mass is 16.5. The minimum absolute atomic E-state index is 0.110. The first-order valence-electron chi connectivity index (χ1n) is 7.20. The Kier molecular flexibility index (Phi) is 4.10. The number of hydrogen-bond donors (Lipinski definition) is 1. The van der Waals surface area contributed by atoms with Crippen molar-refractivity contribution in [3.8, 4) is 5.75 Å². The van der Waals surface area contributed by atoms with Gasteiger partial charge in [0.25, 0.3) is 0 Å². The maximum atomic E-state index is 10.7. The quantitative estimate of drug-likeness (QED) is 0.754. The summed E-state index contributed by atoms with van der Waals surface area (Å²) in [5, 5.41) is 9.89. The summed E-state index contributed by atoms with van der Waals surface area (Å²) < 4.78 is 7.76. The molecule has 3 aromatic rings. The highest BCUT2D eigenvalue weighted by Gasteiger charge is 2.05. The smallest absolute Gasteiger partial charge is 0.305 e. The Morgan fingerprint density at radius 2 is 1.91 bits per heavy atom. The normalized spacial score (nSPS) is 10.7. The van der Waals surface area contributed by atoms with Crippen LogP contribution in [0.3, 0.4) is 0 Å². The van der Waals surface area contributed by atoms with Crippen molar-refractivity contribution < 1.29 is 14.6 Å². The molecule has 0 atom stereocenters. The maximum absolute atomic E-state index is 10.7. The van der Waals surface area contributed by atoms with Crippen LogP contribution in [0.25, 0.3) is 10.9 Å². The summed E-state index contributed by atoms with van der Waals surface area (Å²) in [5.41, 5.74) is 2.11. The van der Waals surface area contributed by atoms with Gasteiger partial charge >= 0.3 is 5.97 Å². The average molecular weight is 295 g/mol. The molecule has 22 heavy (non-hydrogen) atoms. The Morgan fingerprint density at radius 3 is 2.68 bits per heavy atom. The number of rotatable bonds is 6. The lowest BCUT2D eigenvalue weighted by atomic mass is 10.2. The number of nitrogens with zero attached hydrogens (tertiary/aromatic N) is 1. The molecular weight excluding hydrogens is 278 g/mol. The van der Waals surface area contributed by atoms with Crippen molar-refractivity contribution >= 4 is 16.9 Å². The van der Waals surface area contributed by atoms with E-state index in [0.29, 0.717) is 13.2 Å². The molecule has 0 aliphatic rings. The highest BCUT2D eigenvalue weighted by Crippen LogP contribution is 2.23. The third-order valence-electron chi connectivity index (χ3n) is 3.56. The van der Waals surface area contributed by atoms with Gasteiger partial charge in [-0.05, 0) is 29.1 Å². The number of aromatic nitrogens is 1. The largest absolute Gasteiger partial charge is 0.489 e. The van der Waals surface area contributed by atoms with Gasteiger partial charge in [0.2, 0.25) is 0 Å². The third-order valence-corrected chi connectivity index (χ3v) is 3.56. The van der Waals surface area contributed by atoms with Crippen LogP contribution in [0.15, 0.2) is 60.8 Å². The Balaban J connectivity index is 1.76. The summed E-state index contributed by atoms with van der Waals surface area (Å²) in [4.78, 5) is 10.7. The van der Waals surface area contributed by atoms with Crippen LogP contribution in [0, 0.1) is 0 Å². The first-order chi connectivity index (χ1) is 10.7. The van der Waals surface area contributed by atoms with Gasteiger partial charge in [-0.2, -0.15) is 0 Å². The van der Waals surface area contributed by atoms with Gasteiger partial charge in [-0.3, -0.25) is 4.79 Å². The van der Waals surface area contributed by atoms with Crippen LogP contribution in [0.5, 0.6) is 5.75 Å². The van der Waals surface area contributed by atoms with Crippen LogP contribution in [0.4, 0.5) is 0 Å². The molecule has 1 N–H and O–H groups in total. The van der Waals surface area contributed by atoms with Crippen molar-refractivity contribution in [2.24, 2.45) is 0 Å². The van der Waals surface area contributed by atoms with Crippen LogP contribution >= 0.6 is 0 Å². The second-order valence-electron chi connectivity index (χ2n) is 5.15. The molecular formula is C18H17NO3. The molecule has 0 saturated heterocycles. The number of benzene rings is 2. The number of ether oxygens (including phenoxy) is 1. The van der Waals surface area contributed by atoms with Crippen molar-refractivity contribution in [3.05, 3.63) is 66.4 Å². The maximum Gasteiger partial charge on any atom is 0.305 e. The first-order valence-corrected chi connectivity index (χ1v) is 7.20. The lowest BCUT2D eigenvalue weighted by Gasteiger charge is -2.08. The third kappa shape index (κ3) is 3.28. The van der Waals surface area contributed by atoms with E-state index in [2.05, 4.69) is 0 Å². The van der Waals surface area contributed by atoms with E-state index in [1.54, 1.807) is 0 Å². The van der Waals surface area contributed by atoms with Gasteiger partial charge in [-0.1, -0.05) is 30.3 Å². The molecule has 2 aromatic carbocycles. The predicted molar refractivity (Wildman–Crippen MR) is 85.0 cm³/mol. The van der Waals surface area contributed by atoms with Gasteiger partial charge in [0.15, 0.2) is 0 Å². The van der Waals surface area contributed by atoms with Crippen LogP contribution in [-0.2, 0) is 17.9 Å². The van der Waals surface area contributed by atoms with E-state index in [4.69, 9.17) is 9.84 Å². The Bertz CT molecular complexity index is 777. The molecule has 1 heterocycles. The second kappa shape index (κ2) is 6.35. The van der Waals surface area contributed by atoms with Gasteiger partial charge in [-0.25, -0.2) is 0 Å². The van der Waals surface area contributed by atoms with E-state index in [9.17, 15) is 4.79 Å². The number of carboxylic acid groups (broad SMARTS) is 1. The van der Waals surface area contributed by atoms with Crippen molar-refractivity contribution in [1.82, 2.24) is 4.57 Å². The van der Waals surface area contributed by atoms with Crippen LogP contribution in [0.1, 0.15) is 12.0 Å². The van der Waals surface area contributed by atoms with Gasteiger partial charge < -0.3 is 14.4 Å². The molecule has 1 aromatic heterocycles. The van der Waals surface area contributed by atoms with Crippen molar-refractivity contribution in [3.63, 3.8) is 0 Å². The molecule has 0 saturated carbocycles. The molecule has 0 radical (unpaired) electrons. The molecule has 0 unspecified atom stereocenters. The zero-order chi connectivity index (χ0) is 15.4. The summed E-state index contributed by atoms with van der Waals surface area (Å²) in [5.74, 6) is -0.00930. The molecule has 0 aliphatic carbocycles. The van der Waals surface area contributed by atoms with E-state index >= 15 is 0 Å². The zero-order valence-corrected chi connectivity index (χ0v) is 12.1. The van der Waals surface area contributed by atoms with E-state index in [-0.39, 0.29) is 6.42 Å². The molecule has 0 bridgehead atoms. The Morgan fingerprint density at radius 1 is 1.09 bits per heavy atom. The number of carbonyl (C=O) groups is 1. The molecule has 4 heteroatoms. The summed E-state index contributed by atoms with van der Waals surface area (Å²) in [6.07, 6.45) is 2.02. The summed E-state index contributed by atoms with van der Waals surface area (Å²) in [7, 11) is 0. The molecule has 112 valence electrons. The predicted octanol–water partition coefficient (Wildman–Crippen LogP) is 3.70. The fourth-order valence-electron chi connectivity index (χ4n) is 2.41. The highest BCUT2D eigenvalue weighted by molar-refractivity contribution is 5.81. The zero-order valence-electron chi connectivity index (χ0n) is 12.1. The minimum Gasteiger partial charge on any atom is -0.489 e. The number of aliphatic carboxylic acids is 1. The Labute approximate surface area is 128 Å². The van der Waals surface area contributed by atoms with Crippen LogP contribution in [0.2, 0.25) is 0 Å². The summed E-state index contributed by atoms with van der Waals surface area (Å²) in [6, 6.07) is 17.9.